The van der Waals surface area contributed by atoms with Gasteiger partial charge in [0.1, 0.15) is 5.65 Å². The summed E-state index contributed by atoms with van der Waals surface area (Å²) in [7, 11) is 0. The highest BCUT2D eigenvalue weighted by Gasteiger charge is 2.21. The third kappa shape index (κ3) is 8.04. The smallest absolute Gasteiger partial charge is 0.255 e. The van der Waals surface area contributed by atoms with Crippen LogP contribution in [-0.2, 0) is 6.54 Å². The van der Waals surface area contributed by atoms with Crippen molar-refractivity contribution >= 4 is 24.0 Å². The van der Waals surface area contributed by atoms with Gasteiger partial charge >= 0.3 is 0 Å². The number of benzene rings is 1. The van der Waals surface area contributed by atoms with Gasteiger partial charge in [-0.05, 0) is 68.5 Å². The maximum absolute atomic E-state index is 13.8. The molecule has 7 nitrogen and oxygen atoms in total. The van der Waals surface area contributed by atoms with E-state index in [2.05, 4.69) is 48.4 Å². The molecule has 0 aliphatic carbocycles. The lowest BCUT2D eigenvalue weighted by atomic mass is 10.1. The van der Waals surface area contributed by atoms with Gasteiger partial charge < -0.3 is 14.6 Å². The Morgan fingerprint density at radius 1 is 1.03 bits per heavy atom. The summed E-state index contributed by atoms with van der Waals surface area (Å²) < 4.78 is 2.11. The quantitative estimate of drug-likeness (QED) is 0.354. The van der Waals surface area contributed by atoms with E-state index in [9.17, 15) is 10.1 Å². The molecule has 3 heterocycles. The van der Waals surface area contributed by atoms with Crippen LogP contribution in [0, 0.1) is 23.2 Å². The monoisotopic (exact) mass is 550 g/mol. The summed E-state index contributed by atoms with van der Waals surface area (Å²) in [5.41, 5.74) is 5.14. The molecule has 1 fully saturated rings. The first-order valence-corrected chi connectivity index (χ1v) is 14.1. The molecule has 1 aromatic carbocycles. The number of carbonyl (C=O) groups is 1. The van der Waals surface area contributed by atoms with Crippen molar-refractivity contribution in [3.8, 4) is 17.3 Å². The number of halogens is 1. The van der Waals surface area contributed by atoms with Crippen molar-refractivity contribution < 1.29 is 4.79 Å². The number of hydrogen-bond acceptors (Lipinski definition) is 5. The van der Waals surface area contributed by atoms with E-state index < -0.39 is 0 Å². The van der Waals surface area contributed by atoms with Crippen LogP contribution in [0.15, 0.2) is 42.6 Å². The van der Waals surface area contributed by atoms with Gasteiger partial charge in [-0.25, -0.2) is 4.98 Å². The van der Waals surface area contributed by atoms with E-state index in [1.165, 1.54) is 0 Å². The molecule has 0 atom stereocenters. The fraction of sp³-hybridized carbons (Fsp3) is 0.516. The number of aromatic nitrogens is 2. The lowest BCUT2D eigenvalue weighted by Crippen LogP contribution is -2.34. The average Bonchev–Trinajstić information content (AvgIpc) is 3.06. The second-order valence-corrected chi connectivity index (χ2v) is 11.3. The Morgan fingerprint density at radius 2 is 1.72 bits per heavy atom. The Kier molecular flexibility index (Phi) is 11.4. The van der Waals surface area contributed by atoms with Gasteiger partial charge in [0.2, 0.25) is 0 Å². The van der Waals surface area contributed by atoms with Crippen molar-refractivity contribution in [1.82, 2.24) is 24.5 Å². The van der Waals surface area contributed by atoms with Crippen molar-refractivity contribution in [2.24, 2.45) is 11.8 Å². The minimum Gasteiger partial charge on any atom is -0.339 e. The summed E-state index contributed by atoms with van der Waals surface area (Å²) in [5, 5.41) is 12.7. The summed E-state index contributed by atoms with van der Waals surface area (Å²) in [6.07, 6.45) is 5.08. The van der Waals surface area contributed by atoms with E-state index in [0.717, 1.165) is 87.7 Å². The molecule has 0 radical (unpaired) electrons. The molecule has 210 valence electrons. The molecule has 0 saturated carbocycles. The van der Waals surface area contributed by atoms with Crippen LogP contribution >= 0.6 is 12.4 Å². The SMILES string of the molecule is CC(C)CCN(CCC(C)C)C(=O)c1ccc2nc(-c3ccc(C#N)cc3)c(CN3CCCNCC3)n2c1.Cl. The van der Waals surface area contributed by atoms with E-state index in [4.69, 9.17) is 4.98 Å². The topological polar surface area (TPSA) is 76.7 Å². The summed E-state index contributed by atoms with van der Waals surface area (Å²) in [6, 6.07) is 13.7. The Labute approximate surface area is 239 Å². The number of hydrogen-bond donors (Lipinski definition) is 1. The third-order valence-corrected chi connectivity index (χ3v) is 7.30. The summed E-state index contributed by atoms with van der Waals surface area (Å²) in [4.78, 5) is 23.2. The van der Waals surface area contributed by atoms with Gasteiger partial charge in [0.25, 0.3) is 5.91 Å². The average molecular weight is 551 g/mol. The number of amides is 1. The highest BCUT2D eigenvalue weighted by molar-refractivity contribution is 5.94. The van der Waals surface area contributed by atoms with Gasteiger partial charge in [0.15, 0.2) is 0 Å². The fourth-order valence-corrected chi connectivity index (χ4v) is 4.90. The first kappa shape index (κ1) is 30.6. The van der Waals surface area contributed by atoms with Crippen LogP contribution in [0.25, 0.3) is 16.9 Å². The minimum absolute atomic E-state index is 0. The maximum Gasteiger partial charge on any atom is 0.255 e. The van der Waals surface area contributed by atoms with Crippen molar-refractivity contribution in [3.05, 3.63) is 59.4 Å². The van der Waals surface area contributed by atoms with Gasteiger partial charge in [-0.2, -0.15) is 5.26 Å². The van der Waals surface area contributed by atoms with Crippen LogP contribution in [-0.4, -0.2) is 64.4 Å². The van der Waals surface area contributed by atoms with Crippen LogP contribution in [0.5, 0.6) is 0 Å². The summed E-state index contributed by atoms with van der Waals surface area (Å²) in [5.74, 6) is 1.18. The van der Waals surface area contributed by atoms with Crippen molar-refractivity contribution in [1.29, 1.82) is 5.26 Å². The van der Waals surface area contributed by atoms with E-state index in [-0.39, 0.29) is 18.3 Å². The lowest BCUT2D eigenvalue weighted by Gasteiger charge is -2.25. The van der Waals surface area contributed by atoms with E-state index in [0.29, 0.717) is 23.0 Å². The Hall–Kier alpha value is -2.92. The predicted molar refractivity (Wildman–Crippen MR) is 160 cm³/mol. The molecule has 3 aromatic rings. The lowest BCUT2D eigenvalue weighted by molar-refractivity contribution is 0.0740. The second kappa shape index (κ2) is 14.5. The van der Waals surface area contributed by atoms with E-state index in [1.807, 2.05) is 47.5 Å². The molecule has 1 N–H and O–H groups in total. The van der Waals surface area contributed by atoms with E-state index in [1.54, 1.807) is 0 Å². The Balaban J connectivity index is 0.00000420. The number of carbonyl (C=O) groups excluding carboxylic acids is 1. The molecule has 1 amide bonds. The number of nitrogens with one attached hydrogen (secondary N) is 1. The molecule has 1 saturated heterocycles. The zero-order chi connectivity index (χ0) is 27.1. The molecule has 8 heteroatoms. The molecule has 0 unspecified atom stereocenters. The van der Waals surface area contributed by atoms with Crippen LogP contribution in [0.3, 0.4) is 0 Å². The Morgan fingerprint density at radius 3 is 2.36 bits per heavy atom. The third-order valence-electron chi connectivity index (χ3n) is 7.30. The number of imidazole rings is 1. The number of fused-ring (bicyclic) bond motifs is 1. The number of nitriles is 1. The minimum atomic E-state index is 0. The standard InChI is InChI=1S/C31H42N6O.ClH/c1-23(2)12-17-36(18-13-24(3)4)31(38)27-10-11-29-34-30(26-8-6-25(20-32)7-9-26)28(37(29)21-27)22-35-16-5-14-33-15-19-35;/h6-11,21,23-24,33H,5,12-19,22H2,1-4H3;1H. The fourth-order valence-electron chi connectivity index (χ4n) is 4.90. The molecule has 39 heavy (non-hydrogen) atoms. The molecule has 1 aliphatic rings. The van der Waals surface area contributed by atoms with Crippen molar-refractivity contribution in [2.45, 2.75) is 53.5 Å². The molecular weight excluding hydrogens is 508 g/mol. The molecule has 1 aliphatic heterocycles. The van der Waals surface area contributed by atoms with Gasteiger partial charge in [0, 0.05) is 44.5 Å². The van der Waals surface area contributed by atoms with E-state index >= 15 is 0 Å². The van der Waals surface area contributed by atoms with Gasteiger partial charge in [-0.15, -0.1) is 12.4 Å². The van der Waals surface area contributed by atoms with Gasteiger partial charge in [0.05, 0.1) is 28.6 Å². The van der Waals surface area contributed by atoms with Gasteiger partial charge in [-0.3, -0.25) is 9.69 Å². The van der Waals surface area contributed by atoms with Gasteiger partial charge in [-0.1, -0.05) is 39.8 Å². The molecule has 0 bridgehead atoms. The van der Waals surface area contributed by atoms with Crippen LogP contribution in [0.2, 0.25) is 0 Å². The van der Waals surface area contributed by atoms with Crippen molar-refractivity contribution in [3.63, 3.8) is 0 Å². The molecular formula is C31H43ClN6O. The van der Waals surface area contributed by atoms with Crippen molar-refractivity contribution in [2.75, 3.05) is 39.3 Å². The number of pyridine rings is 1. The first-order valence-electron chi connectivity index (χ1n) is 14.1. The largest absolute Gasteiger partial charge is 0.339 e. The highest BCUT2D eigenvalue weighted by atomic mass is 35.5. The molecule has 2 aromatic heterocycles. The molecule has 4 rings (SSSR count). The van der Waals surface area contributed by atoms with Crippen LogP contribution in [0.4, 0.5) is 0 Å². The first-order chi connectivity index (χ1) is 18.4. The number of nitrogens with zero attached hydrogens (tertiary/aromatic N) is 5. The van der Waals surface area contributed by atoms with Crippen LogP contribution < -0.4 is 5.32 Å². The Bertz CT molecular complexity index is 1240. The zero-order valence-electron chi connectivity index (χ0n) is 23.8. The predicted octanol–water partition coefficient (Wildman–Crippen LogP) is 5.62. The maximum atomic E-state index is 13.8. The normalized spacial score (nSPS) is 14.3. The van der Waals surface area contributed by atoms with Crippen LogP contribution in [0.1, 0.15) is 68.6 Å². The number of rotatable bonds is 10. The summed E-state index contributed by atoms with van der Waals surface area (Å²) >= 11 is 0. The zero-order valence-corrected chi connectivity index (χ0v) is 24.6. The summed E-state index contributed by atoms with van der Waals surface area (Å²) in [6.45, 7) is 15.1. The second-order valence-electron chi connectivity index (χ2n) is 11.3. The highest BCUT2D eigenvalue weighted by Crippen LogP contribution is 2.27. The molecule has 0 spiro atoms.